The van der Waals surface area contributed by atoms with Crippen LogP contribution in [0.25, 0.3) is 6.08 Å². The number of hydrogen-bond acceptors (Lipinski definition) is 3. The fraction of sp³-hybridized carbons (Fsp3) is 0.267. The molecule has 0 bridgehead atoms. The normalized spacial score (nSPS) is 14.4. The molecule has 3 aromatic carbocycles. The maximum atomic E-state index is 13.6. The average Bonchev–Trinajstić information content (AvgIpc) is 2.84. The lowest BCUT2D eigenvalue weighted by atomic mass is 10.0. The summed E-state index contributed by atoms with van der Waals surface area (Å²) in [5.41, 5.74) is 5.96. The van der Waals surface area contributed by atoms with Crippen LogP contribution < -0.4 is 10.2 Å². The highest BCUT2D eigenvalue weighted by atomic mass is 32.2. The fourth-order valence-corrected chi connectivity index (χ4v) is 5.08. The Morgan fingerprint density at radius 3 is 2.51 bits per heavy atom. The van der Waals surface area contributed by atoms with Gasteiger partial charge in [-0.3, -0.25) is 9.59 Å². The molecule has 0 aromatic heterocycles. The molecule has 0 fully saturated rings. The number of thioether (sulfide) groups is 1. The summed E-state index contributed by atoms with van der Waals surface area (Å²) < 4.78 is 0. The summed E-state index contributed by atoms with van der Waals surface area (Å²) in [7, 11) is 0. The van der Waals surface area contributed by atoms with E-state index in [0.29, 0.717) is 29.5 Å². The van der Waals surface area contributed by atoms with Gasteiger partial charge in [-0.2, -0.15) is 0 Å². The van der Waals surface area contributed by atoms with Crippen molar-refractivity contribution in [3.63, 3.8) is 0 Å². The van der Waals surface area contributed by atoms with Gasteiger partial charge in [0.15, 0.2) is 0 Å². The zero-order chi connectivity index (χ0) is 24.9. The van der Waals surface area contributed by atoms with Crippen LogP contribution in [-0.4, -0.2) is 18.4 Å². The molecule has 180 valence electrons. The molecule has 1 aliphatic heterocycles. The number of para-hydroxylation sites is 1. The zero-order valence-electron chi connectivity index (χ0n) is 20.8. The van der Waals surface area contributed by atoms with E-state index in [1.807, 2.05) is 53.4 Å². The van der Waals surface area contributed by atoms with E-state index in [1.165, 1.54) is 22.9 Å². The van der Waals surface area contributed by atoms with Crippen molar-refractivity contribution in [3.05, 3.63) is 99.5 Å². The second kappa shape index (κ2) is 11.0. The number of carbonyl (C=O) groups is 2. The molecule has 35 heavy (non-hydrogen) atoms. The molecule has 4 rings (SSSR count). The number of rotatable bonds is 7. The van der Waals surface area contributed by atoms with Crippen LogP contribution in [0.5, 0.6) is 0 Å². The topological polar surface area (TPSA) is 49.4 Å². The molecule has 0 saturated carbocycles. The Hall–Kier alpha value is -3.31. The molecule has 0 radical (unpaired) electrons. The van der Waals surface area contributed by atoms with Crippen LogP contribution in [0.4, 0.5) is 5.69 Å². The van der Waals surface area contributed by atoms with Crippen molar-refractivity contribution in [2.45, 2.75) is 45.6 Å². The minimum Gasteiger partial charge on any atom is -0.352 e. The van der Waals surface area contributed by atoms with Crippen molar-refractivity contribution in [1.29, 1.82) is 0 Å². The number of hydrogen-bond donors (Lipinski definition) is 1. The summed E-state index contributed by atoms with van der Waals surface area (Å²) in [4.78, 5) is 29.6. The molecule has 5 heteroatoms. The Morgan fingerprint density at radius 1 is 1.03 bits per heavy atom. The molecule has 4 nitrogen and oxygen atoms in total. The lowest BCUT2D eigenvalue weighted by molar-refractivity contribution is -0.114. The first-order valence-corrected chi connectivity index (χ1v) is 12.9. The summed E-state index contributed by atoms with van der Waals surface area (Å²) in [5.74, 6) is 0.473. The van der Waals surface area contributed by atoms with Crippen molar-refractivity contribution in [2.75, 3.05) is 11.4 Å². The van der Waals surface area contributed by atoms with Gasteiger partial charge in [0.2, 0.25) is 0 Å². The van der Waals surface area contributed by atoms with Crippen LogP contribution in [-0.2, 0) is 11.3 Å². The summed E-state index contributed by atoms with van der Waals surface area (Å²) in [5, 5.41) is 2.97. The predicted molar refractivity (Wildman–Crippen MR) is 146 cm³/mol. The quantitative estimate of drug-likeness (QED) is 0.377. The van der Waals surface area contributed by atoms with Crippen LogP contribution in [0, 0.1) is 19.8 Å². The molecule has 1 aliphatic rings. The third kappa shape index (κ3) is 6.04. The van der Waals surface area contributed by atoms with Gasteiger partial charge >= 0.3 is 0 Å². The number of fused-ring (bicyclic) bond motifs is 1. The Kier molecular flexibility index (Phi) is 7.76. The van der Waals surface area contributed by atoms with E-state index < -0.39 is 0 Å². The second-order valence-corrected chi connectivity index (χ2v) is 10.5. The van der Waals surface area contributed by atoms with Crippen LogP contribution in [0.2, 0.25) is 0 Å². The van der Waals surface area contributed by atoms with Crippen LogP contribution in [0.1, 0.15) is 52.9 Å². The maximum Gasteiger partial charge on any atom is 0.265 e. The van der Waals surface area contributed by atoms with Crippen molar-refractivity contribution < 1.29 is 9.59 Å². The molecule has 3 aromatic rings. The molecular weight excluding hydrogens is 452 g/mol. The Labute approximate surface area is 212 Å². The predicted octanol–water partition coefficient (Wildman–Crippen LogP) is 6.76. The summed E-state index contributed by atoms with van der Waals surface area (Å²) in [6.07, 6.45) is 2.87. The number of aryl methyl sites for hydroxylation is 2. The standard InChI is InChI=1S/C30H32N2O2S/c1-20(2)15-16-31-29(33)24-13-11-23(12-14-24)18-28-30(34)32(26-7-5-6-8-27(26)35-28)19-25-17-21(3)9-10-22(25)4/h5-14,17-18,20H,15-16,19H2,1-4H3,(H,31,33). The van der Waals surface area contributed by atoms with E-state index in [2.05, 4.69) is 57.3 Å². The highest BCUT2D eigenvalue weighted by Gasteiger charge is 2.29. The molecule has 1 N–H and O–H groups in total. The lowest BCUT2D eigenvalue weighted by Gasteiger charge is -2.31. The molecule has 0 saturated heterocycles. The summed E-state index contributed by atoms with van der Waals surface area (Å²) >= 11 is 1.50. The molecule has 0 atom stereocenters. The minimum atomic E-state index is -0.0680. The third-order valence-electron chi connectivity index (χ3n) is 6.14. The number of carbonyl (C=O) groups excluding carboxylic acids is 2. The monoisotopic (exact) mass is 484 g/mol. The lowest BCUT2D eigenvalue weighted by Crippen LogP contribution is -2.34. The fourth-order valence-electron chi connectivity index (χ4n) is 4.02. The van der Waals surface area contributed by atoms with Crippen LogP contribution >= 0.6 is 11.8 Å². The van der Waals surface area contributed by atoms with E-state index in [1.54, 1.807) is 0 Å². The van der Waals surface area contributed by atoms with E-state index >= 15 is 0 Å². The first-order chi connectivity index (χ1) is 16.8. The SMILES string of the molecule is Cc1ccc(C)c(CN2C(=O)C(=Cc3ccc(C(=O)NCCC(C)C)cc3)Sc3ccccc32)c1. The number of nitrogens with zero attached hydrogens (tertiary/aromatic N) is 1. The van der Waals surface area contributed by atoms with E-state index in [9.17, 15) is 9.59 Å². The van der Waals surface area contributed by atoms with E-state index in [-0.39, 0.29) is 11.8 Å². The van der Waals surface area contributed by atoms with Gasteiger partial charge in [0.25, 0.3) is 11.8 Å². The highest BCUT2D eigenvalue weighted by Crippen LogP contribution is 2.42. The van der Waals surface area contributed by atoms with Crippen LogP contribution in [0.15, 0.2) is 76.5 Å². The number of nitrogens with one attached hydrogen (secondary N) is 1. The van der Waals surface area contributed by atoms with Gasteiger partial charge in [-0.05, 0) is 73.2 Å². The first-order valence-electron chi connectivity index (χ1n) is 12.1. The van der Waals surface area contributed by atoms with E-state index in [4.69, 9.17) is 0 Å². The smallest absolute Gasteiger partial charge is 0.265 e. The van der Waals surface area contributed by atoms with Gasteiger partial charge in [0.1, 0.15) is 0 Å². The Balaban J connectivity index is 1.57. The Bertz CT molecular complexity index is 1260. The minimum absolute atomic E-state index is 0.00916. The maximum absolute atomic E-state index is 13.6. The van der Waals surface area contributed by atoms with Gasteiger partial charge in [-0.15, -0.1) is 0 Å². The van der Waals surface area contributed by atoms with Gasteiger partial charge in [-0.1, -0.05) is 73.6 Å². The summed E-state index contributed by atoms with van der Waals surface area (Å²) in [6, 6.07) is 21.8. The number of benzene rings is 3. The van der Waals surface area contributed by atoms with Gasteiger partial charge in [-0.25, -0.2) is 0 Å². The Morgan fingerprint density at radius 2 is 1.77 bits per heavy atom. The number of anilines is 1. The average molecular weight is 485 g/mol. The molecule has 2 amide bonds. The van der Waals surface area contributed by atoms with Crippen molar-refractivity contribution >= 4 is 35.3 Å². The van der Waals surface area contributed by atoms with Gasteiger partial charge < -0.3 is 10.2 Å². The van der Waals surface area contributed by atoms with Gasteiger partial charge in [0, 0.05) is 17.0 Å². The first kappa shape index (κ1) is 24.8. The highest BCUT2D eigenvalue weighted by molar-refractivity contribution is 8.04. The molecule has 0 aliphatic carbocycles. The van der Waals surface area contributed by atoms with Crippen LogP contribution in [0.3, 0.4) is 0 Å². The van der Waals surface area contributed by atoms with Crippen molar-refractivity contribution in [1.82, 2.24) is 5.32 Å². The zero-order valence-corrected chi connectivity index (χ0v) is 21.6. The third-order valence-corrected chi connectivity index (χ3v) is 7.22. The molecule has 1 heterocycles. The van der Waals surface area contributed by atoms with E-state index in [0.717, 1.165) is 28.1 Å². The molecular formula is C30H32N2O2S. The van der Waals surface area contributed by atoms with Gasteiger partial charge in [0.05, 0.1) is 17.1 Å². The molecule has 0 spiro atoms. The summed E-state index contributed by atoms with van der Waals surface area (Å²) in [6.45, 7) is 9.63. The molecule has 0 unspecified atom stereocenters. The van der Waals surface area contributed by atoms with Crippen molar-refractivity contribution in [2.24, 2.45) is 5.92 Å². The largest absolute Gasteiger partial charge is 0.352 e. The second-order valence-electron chi connectivity index (χ2n) is 9.46. The number of amides is 2. The van der Waals surface area contributed by atoms with Crippen molar-refractivity contribution in [3.8, 4) is 0 Å².